The van der Waals surface area contributed by atoms with E-state index in [0.717, 1.165) is 12.1 Å². The Balaban J connectivity index is 3.41. The molecule has 104 valence electrons. The van der Waals surface area contributed by atoms with Crippen molar-refractivity contribution < 1.29 is 28.0 Å². The van der Waals surface area contributed by atoms with Crippen LogP contribution >= 0.6 is 0 Å². The Kier molecular flexibility index (Phi) is 4.56. The molecule has 19 heavy (non-hydrogen) atoms. The van der Waals surface area contributed by atoms with Crippen LogP contribution in [0.15, 0.2) is 12.1 Å². The quantitative estimate of drug-likeness (QED) is 0.381. The average molecular weight is 276 g/mol. The van der Waals surface area contributed by atoms with Crippen molar-refractivity contribution in [2.45, 2.75) is 13.5 Å². The van der Waals surface area contributed by atoms with E-state index in [2.05, 4.69) is 9.47 Å². The van der Waals surface area contributed by atoms with Crippen molar-refractivity contribution in [3.05, 3.63) is 27.8 Å². The zero-order valence-electron chi connectivity index (χ0n) is 9.76. The normalized spacial score (nSPS) is 10.3. The minimum Gasteiger partial charge on any atom is -0.462 e. The molecule has 7 nitrogen and oxygen atoms in total. The average Bonchev–Trinajstić information content (AvgIpc) is 2.30. The van der Waals surface area contributed by atoms with Crippen molar-refractivity contribution in [2.24, 2.45) is 0 Å². The summed E-state index contributed by atoms with van der Waals surface area (Å²) in [6.45, 7) is -1.83. The lowest BCUT2D eigenvalue weighted by Gasteiger charge is -2.10. The molecule has 0 saturated heterocycles. The summed E-state index contributed by atoms with van der Waals surface area (Å²) < 4.78 is 32.9. The van der Waals surface area contributed by atoms with Crippen molar-refractivity contribution in [1.29, 1.82) is 0 Å². The minimum atomic E-state index is -3.27. The Bertz CT molecular complexity index is 507. The first-order valence-corrected chi connectivity index (χ1v) is 5.07. The van der Waals surface area contributed by atoms with Crippen LogP contribution in [0.3, 0.4) is 0 Å². The highest BCUT2D eigenvalue weighted by atomic mass is 19.3. The molecule has 0 aliphatic heterocycles. The Morgan fingerprint density at radius 2 is 2.16 bits per heavy atom. The molecule has 0 radical (unpaired) electrons. The van der Waals surface area contributed by atoms with E-state index in [1.807, 2.05) is 0 Å². The summed E-state index contributed by atoms with van der Waals surface area (Å²) in [4.78, 5) is 21.5. The zero-order valence-corrected chi connectivity index (χ0v) is 9.76. The van der Waals surface area contributed by atoms with Crippen molar-refractivity contribution in [2.75, 3.05) is 12.3 Å². The highest BCUT2D eigenvalue weighted by Gasteiger charge is 2.30. The van der Waals surface area contributed by atoms with Crippen molar-refractivity contribution in [3.8, 4) is 5.75 Å². The fraction of sp³-hybridized carbons (Fsp3) is 0.300. The summed E-state index contributed by atoms with van der Waals surface area (Å²) in [5, 5.41) is 10.9. The first-order chi connectivity index (χ1) is 8.88. The first kappa shape index (κ1) is 14.6. The van der Waals surface area contributed by atoms with E-state index >= 15 is 0 Å². The molecular formula is C10H10F2N2O5. The third kappa shape index (κ3) is 3.27. The molecule has 1 rings (SSSR count). The van der Waals surface area contributed by atoms with Gasteiger partial charge in [-0.3, -0.25) is 10.1 Å². The molecule has 1 aromatic carbocycles. The van der Waals surface area contributed by atoms with Crippen LogP contribution in [-0.2, 0) is 4.74 Å². The number of nitrogens with zero attached hydrogens (tertiary/aromatic N) is 1. The van der Waals surface area contributed by atoms with Gasteiger partial charge < -0.3 is 15.2 Å². The maximum Gasteiger partial charge on any atom is 0.387 e. The van der Waals surface area contributed by atoms with Gasteiger partial charge in [-0.15, -0.1) is 0 Å². The van der Waals surface area contributed by atoms with Gasteiger partial charge in [0, 0.05) is 0 Å². The molecule has 0 heterocycles. The molecule has 0 atom stereocenters. The number of anilines is 1. The smallest absolute Gasteiger partial charge is 0.387 e. The molecule has 0 bridgehead atoms. The molecule has 0 amide bonds. The molecule has 0 unspecified atom stereocenters. The highest BCUT2D eigenvalue weighted by Crippen LogP contribution is 2.36. The molecule has 0 aromatic heterocycles. The van der Waals surface area contributed by atoms with Crippen LogP contribution in [0.1, 0.15) is 17.3 Å². The van der Waals surface area contributed by atoms with Gasteiger partial charge >= 0.3 is 18.3 Å². The lowest BCUT2D eigenvalue weighted by molar-refractivity contribution is -0.386. The van der Waals surface area contributed by atoms with Crippen molar-refractivity contribution in [1.82, 2.24) is 0 Å². The van der Waals surface area contributed by atoms with Gasteiger partial charge in [0.2, 0.25) is 5.75 Å². The molecule has 0 fully saturated rings. The molecule has 2 N–H and O–H groups in total. The predicted molar refractivity (Wildman–Crippen MR) is 60.1 cm³/mol. The number of carbonyl (C=O) groups excluding carboxylic acids is 1. The molecule has 0 saturated carbocycles. The van der Waals surface area contributed by atoms with Gasteiger partial charge in [-0.25, -0.2) is 4.79 Å². The van der Waals surface area contributed by atoms with Gasteiger partial charge in [-0.1, -0.05) is 0 Å². The fourth-order valence-corrected chi connectivity index (χ4v) is 1.38. The number of carbonyl (C=O) groups is 1. The van der Waals surface area contributed by atoms with Gasteiger partial charge in [0.15, 0.2) is 5.56 Å². The fourth-order valence-electron chi connectivity index (χ4n) is 1.38. The number of nitro benzene ring substituents is 1. The third-order valence-electron chi connectivity index (χ3n) is 2.05. The Labute approximate surface area is 106 Å². The van der Waals surface area contributed by atoms with Crippen LogP contribution in [-0.4, -0.2) is 24.1 Å². The van der Waals surface area contributed by atoms with Crippen LogP contribution < -0.4 is 10.5 Å². The Morgan fingerprint density at radius 1 is 1.53 bits per heavy atom. The molecule has 0 aliphatic rings. The van der Waals surface area contributed by atoms with Crippen LogP contribution in [0.2, 0.25) is 0 Å². The summed E-state index contributed by atoms with van der Waals surface area (Å²) in [6.07, 6.45) is 0. The maximum absolute atomic E-state index is 12.2. The molecule has 1 aromatic rings. The number of esters is 1. The number of benzene rings is 1. The number of ether oxygens (including phenoxy) is 2. The Hall–Kier alpha value is -2.45. The number of nitrogens with two attached hydrogens (primary N) is 1. The lowest BCUT2D eigenvalue weighted by atomic mass is 10.1. The number of nitrogen functional groups attached to an aromatic ring is 1. The number of hydrogen-bond acceptors (Lipinski definition) is 6. The second kappa shape index (κ2) is 5.94. The van der Waals surface area contributed by atoms with E-state index in [0.29, 0.717) is 0 Å². The summed E-state index contributed by atoms with van der Waals surface area (Å²) in [6, 6.07) is 1.94. The van der Waals surface area contributed by atoms with Gasteiger partial charge in [-0.05, 0) is 19.1 Å². The molecule has 0 aliphatic carbocycles. The Morgan fingerprint density at radius 3 is 2.63 bits per heavy atom. The molecule has 9 heteroatoms. The van der Waals surface area contributed by atoms with Gasteiger partial charge in [0.1, 0.15) is 0 Å². The van der Waals surface area contributed by atoms with E-state index in [4.69, 9.17) is 5.73 Å². The summed E-state index contributed by atoms with van der Waals surface area (Å²) in [7, 11) is 0. The maximum atomic E-state index is 12.2. The minimum absolute atomic E-state index is 0.0463. The van der Waals surface area contributed by atoms with Gasteiger partial charge in [0.05, 0.1) is 17.2 Å². The number of rotatable bonds is 5. The van der Waals surface area contributed by atoms with E-state index in [1.165, 1.54) is 6.92 Å². The number of halogens is 2. The van der Waals surface area contributed by atoms with Crippen LogP contribution in [0.25, 0.3) is 0 Å². The SMILES string of the molecule is CCOC(=O)c1c(N)ccc(OC(F)F)c1[N+](=O)[O-]. The number of alkyl halides is 2. The third-order valence-corrected chi connectivity index (χ3v) is 2.05. The molecule has 0 spiro atoms. The zero-order chi connectivity index (χ0) is 14.6. The lowest BCUT2D eigenvalue weighted by Crippen LogP contribution is -2.13. The number of hydrogen-bond donors (Lipinski definition) is 1. The van der Waals surface area contributed by atoms with Crippen molar-refractivity contribution >= 4 is 17.3 Å². The van der Waals surface area contributed by atoms with E-state index in [1.54, 1.807) is 0 Å². The van der Waals surface area contributed by atoms with Crippen LogP contribution in [0, 0.1) is 10.1 Å². The van der Waals surface area contributed by atoms with Gasteiger partial charge in [0.25, 0.3) is 0 Å². The molecular weight excluding hydrogens is 266 g/mol. The number of nitro groups is 1. The van der Waals surface area contributed by atoms with Crippen LogP contribution in [0.4, 0.5) is 20.2 Å². The van der Waals surface area contributed by atoms with E-state index in [9.17, 15) is 23.7 Å². The second-order valence-corrected chi connectivity index (χ2v) is 3.23. The largest absolute Gasteiger partial charge is 0.462 e. The second-order valence-electron chi connectivity index (χ2n) is 3.23. The van der Waals surface area contributed by atoms with Crippen LogP contribution in [0.5, 0.6) is 5.75 Å². The standard InChI is InChI=1S/C10H10F2N2O5/c1-2-18-9(15)7-5(13)3-4-6(19-10(11)12)8(7)14(16)17/h3-4,10H,2,13H2,1H3. The summed E-state index contributed by atoms with van der Waals surface area (Å²) in [5.41, 5.74) is 3.63. The van der Waals surface area contributed by atoms with E-state index in [-0.39, 0.29) is 12.3 Å². The highest BCUT2D eigenvalue weighted by molar-refractivity contribution is 6.00. The van der Waals surface area contributed by atoms with E-state index < -0.39 is 34.5 Å². The van der Waals surface area contributed by atoms with Gasteiger partial charge in [-0.2, -0.15) is 8.78 Å². The monoisotopic (exact) mass is 276 g/mol. The summed E-state index contributed by atoms with van der Waals surface area (Å²) >= 11 is 0. The van der Waals surface area contributed by atoms with Crippen molar-refractivity contribution in [3.63, 3.8) is 0 Å². The first-order valence-electron chi connectivity index (χ1n) is 5.07. The summed E-state index contributed by atoms with van der Waals surface area (Å²) in [5.74, 6) is -1.83. The predicted octanol–water partition coefficient (Wildman–Crippen LogP) is 1.96. The topological polar surface area (TPSA) is 105 Å².